The number of carbonyl (C=O) groups is 2. The number of piperidine rings is 1. The Balaban J connectivity index is 2.54. The minimum absolute atomic E-state index is 0.0403. The standard InChI is InChI=1S/C12H22N2O3/c1-4-6-11(15)14-8-5-7-10(9-14)12(16)13(2)17-3/h10H,4-9H2,1-3H3. The van der Waals surface area contributed by atoms with E-state index >= 15 is 0 Å². The number of hydrogen-bond acceptors (Lipinski definition) is 3. The maximum Gasteiger partial charge on any atom is 0.250 e. The summed E-state index contributed by atoms with van der Waals surface area (Å²) in [4.78, 5) is 30.4. The first kappa shape index (κ1) is 14.0. The zero-order valence-corrected chi connectivity index (χ0v) is 10.9. The van der Waals surface area contributed by atoms with Gasteiger partial charge in [-0.15, -0.1) is 0 Å². The Morgan fingerprint density at radius 1 is 1.47 bits per heavy atom. The summed E-state index contributed by atoms with van der Waals surface area (Å²) in [5.41, 5.74) is 0. The summed E-state index contributed by atoms with van der Waals surface area (Å²) in [7, 11) is 3.08. The number of likely N-dealkylation sites (tertiary alicyclic amines) is 1. The second-order valence-corrected chi connectivity index (χ2v) is 4.45. The monoisotopic (exact) mass is 242 g/mol. The molecular weight excluding hydrogens is 220 g/mol. The molecule has 17 heavy (non-hydrogen) atoms. The molecule has 0 bridgehead atoms. The molecule has 5 heteroatoms. The van der Waals surface area contributed by atoms with Crippen LogP contribution in [0.4, 0.5) is 0 Å². The van der Waals surface area contributed by atoms with Crippen molar-refractivity contribution in [1.82, 2.24) is 9.96 Å². The molecular formula is C12H22N2O3. The van der Waals surface area contributed by atoms with Crippen LogP contribution in [-0.4, -0.2) is 49.0 Å². The molecule has 1 aliphatic heterocycles. The zero-order chi connectivity index (χ0) is 12.8. The van der Waals surface area contributed by atoms with Crippen molar-refractivity contribution in [1.29, 1.82) is 0 Å². The summed E-state index contributed by atoms with van der Waals surface area (Å²) in [6.45, 7) is 3.30. The van der Waals surface area contributed by atoms with Crippen LogP contribution in [0.3, 0.4) is 0 Å². The van der Waals surface area contributed by atoms with E-state index in [0.29, 0.717) is 13.0 Å². The average molecular weight is 242 g/mol. The molecule has 0 aliphatic carbocycles. The molecule has 2 amide bonds. The van der Waals surface area contributed by atoms with E-state index in [1.807, 2.05) is 6.92 Å². The third kappa shape index (κ3) is 3.70. The number of hydrogen-bond donors (Lipinski definition) is 0. The number of rotatable bonds is 4. The number of nitrogens with zero attached hydrogens (tertiary/aromatic N) is 2. The molecule has 1 atom stereocenters. The predicted molar refractivity (Wildman–Crippen MR) is 64.0 cm³/mol. The molecule has 0 saturated carbocycles. The van der Waals surface area contributed by atoms with Crippen molar-refractivity contribution in [3.8, 4) is 0 Å². The van der Waals surface area contributed by atoms with Crippen molar-refractivity contribution in [3.63, 3.8) is 0 Å². The minimum atomic E-state index is -0.116. The van der Waals surface area contributed by atoms with Crippen molar-refractivity contribution in [2.24, 2.45) is 5.92 Å². The quantitative estimate of drug-likeness (QED) is 0.692. The Morgan fingerprint density at radius 2 is 2.18 bits per heavy atom. The molecule has 1 aliphatic rings. The fourth-order valence-electron chi connectivity index (χ4n) is 2.12. The Labute approximate surface area is 103 Å². The van der Waals surface area contributed by atoms with Crippen LogP contribution in [0.5, 0.6) is 0 Å². The molecule has 0 aromatic heterocycles. The van der Waals surface area contributed by atoms with Crippen LogP contribution in [0.15, 0.2) is 0 Å². The van der Waals surface area contributed by atoms with Gasteiger partial charge in [-0.05, 0) is 19.3 Å². The fraction of sp³-hybridized carbons (Fsp3) is 0.833. The lowest BCUT2D eigenvalue weighted by molar-refractivity contribution is -0.175. The normalized spacial score (nSPS) is 20.2. The van der Waals surface area contributed by atoms with Gasteiger partial charge in [-0.2, -0.15) is 0 Å². The van der Waals surface area contributed by atoms with Crippen molar-refractivity contribution < 1.29 is 14.4 Å². The van der Waals surface area contributed by atoms with Gasteiger partial charge in [0.1, 0.15) is 0 Å². The fourth-order valence-corrected chi connectivity index (χ4v) is 2.12. The first-order valence-electron chi connectivity index (χ1n) is 6.19. The van der Waals surface area contributed by atoms with Crippen LogP contribution in [0.2, 0.25) is 0 Å². The van der Waals surface area contributed by atoms with Crippen LogP contribution >= 0.6 is 0 Å². The maximum absolute atomic E-state index is 11.9. The highest BCUT2D eigenvalue weighted by Crippen LogP contribution is 2.19. The van der Waals surface area contributed by atoms with Gasteiger partial charge in [0.15, 0.2) is 0 Å². The van der Waals surface area contributed by atoms with E-state index in [9.17, 15) is 9.59 Å². The minimum Gasteiger partial charge on any atom is -0.342 e. The van der Waals surface area contributed by atoms with Gasteiger partial charge in [-0.3, -0.25) is 14.4 Å². The summed E-state index contributed by atoms with van der Waals surface area (Å²) in [5.74, 6) is 0.000995. The van der Waals surface area contributed by atoms with Crippen LogP contribution in [0.1, 0.15) is 32.6 Å². The molecule has 0 spiro atoms. The van der Waals surface area contributed by atoms with Crippen LogP contribution in [-0.2, 0) is 14.4 Å². The highest BCUT2D eigenvalue weighted by molar-refractivity contribution is 5.80. The molecule has 5 nitrogen and oxygen atoms in total. The van der Waals surface area contributed by atoms with Gasteiger partial charge in [0.05, 0.1) is 13.0 Å². The van der Waals surface area contributed by atoms with E-state index in [2.05, 4.69) is 0 Å². The summed E-state index contributed by atoms with van der Waals surface area (Å²) >= 11 is 0. The van der Waals surface area contributed by atoms with Crippen molar-refractivity contribution in [3.05, 3.63) is 0 Å². The van der Waals surface area contributed by atoms with Gasteiger partial charge in [-0.1, -0.05) is 6.92 Å². The van der Waals surface area contributed by atoms with Gasteiger partial charge in [0.25, 0.3) is 5.91 Å². The molecule has 0 aromatic rings. The van der Waals surface area contributed by atoms with E-state index < -0.39 is 0 Å². The van der Waals surface area contributed by atoms with E-state index in [-0.39, 0.29) is 17.7 Å². The Hall–Kier alpha value is -1.10. The topological polar surface area (TPSA) is 49.9 Å². The van der Waals surface area contributed by atoms with E-state index in [0.717, 1.165) is 25.8 Å². The zero-order valence-electron chi connectivity index (χ0n) is 10.9. The molecule has 98 valence electrons. The first-order valence-corrected chi connectivity index (χ1v) is 6.19. The van der Waals surface area contributed by atoms with Gasteiger partial charge in [0.2, 0.25) is 5.91 Å². The van der Waals surface area contributed by atoms with Gasteiger partial charge in [0, 0.05) is 26.6 Å². The predicted octanol–water partition coefficient (Wildman–Crippen LogP) is 1.04. The van der Waals surface area contributed by atoms with Crippen LogP contribution in [0, 0.1) is 5.92 Å². The highest BCUT2D eigenvalue weighted by atomic mass is 16.7. The van der Waals surface area contributed by atoms with Crippen LogP contribution in [0.25, 0.3) is 0 Å². The summed E-state index contributed by atoms with van der Waals surface area (Å²) in [6, 6.07) is 0. The molecule has 1 saturated heterocycles. The van der Waals surface area contributed by atoms with Crippen LogP contribution < -0.4 is 0 Å². The first-order chi connectivity index (χ1) is 8.10. The SMILES string of the molecule is CCCC(=O)N1CCCC(C(=O)N(C)OC)C1. The molecule has 1 unspecified atom stereocenters. The van der Waals surface area contributed by atoms with E-state index in [1.165, 1.54) is 12.2 Å². The van der Waals surface area contributed by atoms with Gasteiger partial charge >= 0.3 is 0 Å². The van der Waals surface area contributed by atoms with Gasteiger partial charge < -0.3 is 4.90 Å². The molecule has 0 N–H and O–H groups in total. The molecule has 1 heterocycles. The molecule has 1 fully saturated rings. The number of hydroxylamine groups is 2. The number of carbonyl (C=O) groups excluding carboxylic acids is 2. The van der Waals surface area contributed by atoms with E-state index in [1.54, 1.807) is 11.9 Å². The molecule has 0 aromatic carbocycles. The molecule has 1 rings (SSSR count). The Kier molecular flexibility index (Phi) is 5.41. The summed E-state index contributed by atoms with van der Waals surface area (Å²) in [6.07, 6.45) is 3.15. The lowest BCUT2D eigenvalue weighted by atomic mass is 9.97. The Bertz CT molecular complexity index is 281. The summed E-state index contributed by atoms with van der Waals surface area (Å²) < 4.78 is 0. The van der Waals surface area contributed by atoms with E-state index in [4.69, 9.17) is 4.84 Å². The number of amides is 2. The highest BCUT2D eigenvalue weighted by Gasteiger charge is 2.29. The second kappa shape index (κ2) is 6.59. The summed E-state index contributed by atoms with van der Waals surface area (Å²) in [5, 5.41) is 1.25. The van der Waals surface area contributed by atoms with Crippen molar-refractivity contribution >= 4 is 11.8 Å². The smallest absolute Gasteiger partial charge is 0.250 e. The largest absolute Gasteiger partial charge is 0.342 e. The average Bonchev–Trinajstić information content (AvgIpc) is 2.37. The van der Waals surface area contributed by atoms with Gasteiger partial charge in [-0.25, -0.2) is 5.06 Å². The lowest BCUT2D eigenvalue weighted by Gasteiger charge is -2.33. The Morgan fingerprint density at radius 3 is 2.76 bits per heavy atom. The third-order valence-corrected chi connectivity index (χ3v) is 3.17. The third-order valence-electron chi connectivity index (χ3n) is 3.17. The molecule has 0 radical (unpaired) electrons. The van der Waals surface area contributed by atoms with Crippen molar-refractivity contribution in [2.75, 3.05) is 27.2 Å². The maximum atomic E-state index is 11.9. The second-order valence-electron chi connectivity index (χ2n) is 4.45. The lowest BCUT2D eigenvalue weighted by Crippen LogP contribution is -2.45. The van der Waals surface area contributed by atoms with Crippen molar-refractivity contribution in [2.45, 2.75) is 32.6 Å².